The minimum atomic E-state index is -0.382. The van der Waals surface area contributed by atoms with Crippen LogP contribution in [0.25, 0.3) is 0 Å². The lowest BCUT2D eigenvalue weighted by Crippen LogP contribution is -1.98. The highest BCUT2D eigenvalue weighted by molar-refractivity contribution is 5.97. The summed E-state index contributed by atoms with van der Waals surface area (Å²) in [7, 11) is 0. The zero-order valence-corrected chi connectivity index (χ0v) is 13.3. The SMILES string of the molecule is CC(=O)c1ccc(Oc2ccc(F)cc2)cc1Oc1ccc(F)cc1. The van der Waals surface area contributed by atoms with Crippen molar-refractivity contribution in [2.24, 2.45) is 0 Å². The van der Waals surface area contributed by atoms with Crippen LogP contribution in [-0.4, -0.2) is 5.78 Å². The molecule has 0 atom stereocenters. The lowest BCUT2D eigenvalue weighted by atomic mass is 10.1. The van der Waals surface area contributed by atoms with Crippen molar-refractivity contribution in [3.8, 4) is 23.0 Å². The lowest BCUT2D eigenvalue weighted by Gasteiger charge is -2.12. The monoisotopic (exact) mass is 340 g/mol. The molecule has 3 aromatic rings. The molecule has 25 heavy (non-hydrogen) atoms. The molecule has 3 rings (SSSR count). The normalized spacial score (nSPS) is 10.4. The summed E-state index contributed by atoms with van der Waals surface area (Å²) in [6.07, 6.45) is 0. The molecule has 0 aliphatic rings. The van der Waals surface area contributed by atoms with Gasteiger partial charge in [-0.1, -0.05) is 0 Å². The topological polar surface area (TPSA) is 35.5 Å². The summed E-state index contributed by atoms with van der Waals surface area (Å²) in [5.41, 5.74) is 0.371. The van der Waals surface area contributed by atoms with Crippen LogP contribution in [0, 0.1) is 11.6 Å². The molecule has 0 heterocycles. The molecule has 0 spiro atoms. The maximum absolute atomic E-state index is 13.0. The number of benzene rings is 3. The molecule has 3 nitrogen and oxygen atoms in total. The van der Waals surface area contributed by atoms with E-state index in [0.29, 0.717) is 28.6 Å². The number of ketones is 1. The van der Waals surface area contributed by atoms with Crippen molar-refractivity contribution in [1.82, 2.24) is 0 Å². The second kappa shape index (κ2) is 7.13. The van der Waals surface area contributed by atoms with Gasteiger partial charge >= 0.3 is 0 Å². The Morgan fingerprint density at radius 2 is 1.20 bits per heavy atom. The van der Waals surface area contributed by atoms with Crippen LogP contribution in [0.4, 0.5) is 8.78 Å². The third-order valence-electron chi connectivity index (χ3n) is 3.42. The van der Waals surface area contributed by atoms with E-state index in [-0.39, 0.29) is 17.4 Å². The lowest BCUT2D eigenvalue weighted by molar-refractivity contribution is 0.101. The third-order valence-corrected chi connectivity index (χ3v) is 3.42. The summed E-state index contributed by atoms with van der Waals surface area (Å²) in [6, 6.07) is 15.8. The molecule has 3 aromatic carbocycles. The van der Waals surface area contributed by atoms with Crippen molar-refractivity contribution in [2.45, 2.75) is 6.92 Å². The number of carbonyl (C=O) groups is 1. The van der Waals surface area contributed by atoms with Gasteiger partial charge in [-0.05, 0) is 67.6 Å². The fraction of sp³-hybridized carbons (Fsp3) is 0.0500. The first kappa shape index (κ1) is 16.6. The molecule has 0 amide bonds. The van der Waals surface area contributed by atoms with Crippen LogP contribution in [0.1, 0.15) is 17.3 Å². The van der Waals surface area contributed by atoms with Crippen molar-refractivity contribution in [3.05, 3.63) is 83.9 Å². The second-order valence-electron chi connectivity index (χ2n) is 5.33. The molecule has 0 saturated carbocycles. The van der Waals surface area contributed by atoms with E-state index in [0.717, 1.165) is 0 Å². The summed E-state index contributed by atoms with van der Waals surface area (Å²) in [5.74, 6) is 0.637. The molecule has 0 radical (unpaired) electrons. The van der Waals surface area contributed by atoms with E-state index in [1.807, 2.05) is 0 Å². The molecule has 0 N–H and O–H groups in total. The average molecular weight is 340 g/mol. The standard InChI is InChI=1S/C20H14F2O3/c1-13(23)19-11-10-18(24-16-6-2-14(21)3-7-16)12-20(19)25-17-8-4-15(22)5-9-17/h2-12H,1H3. The fourth-order valence-electron chi connectivity index (χ4n) is 2.21. The summed E-state index contributed by atoms with van der Waals surface area (Å²) in [4.78, 5) is 11.8. The minimum Gasteiger partial charge on any atom is -0.457 e. The Bertz CT molecular complexity index is 888. The largest absolute Gasteiger partial charge is 0.457 e. The fourth-order valence-corrected chi connectivity index (χ4v) is 2.21. The Kier molecular flexibility index (Phi) is 4.75. The van der Waals surface area contributed by atoms with Crippen molar-refractivity contribution >= 4 is 5.78 Å². The van der Waals surface area contributed by atoms with Crippen LogP contribution < -0.4 is 9.47 Å². The molecule has 0 aromatic heterocycles. The van der Waals surface area contributed by atoms with E-state index in [1.54, 1.807) is 18.2 Å². The van der Waals surface area contributed by atoms with Crippen LogP contribution in [-0.2, 0) is 0 Å². The van der Waals surface area contributed by atoms with Crippen molar-refractivity contribution in [1.29, 1.82) is 0 Å². The summed E-state index contributed by atoms with van der Waals surface area (Å²) >= 11 is 0. The van der Waals surface area contributed by atoms with Gasteiger partial charge in [-0.15, -0.1) is 0 Å². The summed E-state index contributed by atoms with van der Waals surface area (Å²) < 4.78 is 37.3. The van der Waals surface area contributed by atoms with Crippen LogP contribution >= 0.6 is 0 Å². The minimum absolute atomic E-state index is 0.176. The molecule has 5 heteroatoms. The van der Waals surface area contributed by atoms with Crippen molar-refractivity contribution < 1.29 is 23.0 Å². The van der Waals surface area contributed by atoms with E-state index < -0.39 is 0 Å². The molecule has 0 aliphatic carbocycles. The van der Waals surface area contributed by atoms with Crippen LogP contribution in [0.15, 0.2) is 66.7 Å². The predicted octanol–water partition coefficient (Wildman–Crippen LogP) is 5.75. The highest BCUT2D eigenvalue weighted by Crippen LogP contribution is 2.32. The first-order valence-electron chi connectivity index (χ1n) is 7.53. The van der Waals surface area contributed by atoms with E-state index in [9.17, 15) is 13.6 Å². The van der Waals surface area contributed by atoms with Crippen LogP contribution in [0.5, 0.6) is 23.0 Å². The van der Waals surface area contributed by atoms with Gasteiger partial charge in [0.1, 0.15) is 34.6 Å². The van der Waals surface area contributed by atoms with Gasteiger partial charge < -0.3 is 9.47 Å². The number of carbonyl (C=O) groups excluding carboxylic acids is 1. The quantitative estimate of drug-likeness (QED) is 0.555. The number of ether oxygens (including phenoxy) is 2. The summed E-state index contributed by atoms with van der Waals surface area (Å²) in [5, 5.41) is 0. The first-order valence-corrected chi connectivity index (χ1v) is 7.53. The number of hydrogen-bond acceptors (Lipinski definition) is 3. The Morgan fingerprint density at radius 1 is 0.720 bits per heavy atom. The molecule has 0 aliphatic heterocycles. The molecular weight excluding hydrogens is 326 g/mol. The smallest absolute Gasteiger partial charge is 0.163 e. The van der Waals surface area contributed by atoms with Gasteiger partial charge in [-0.25, -0.2) is 8.78 Å². The maximum atomic E-state index is 13.0. The third kappa shape index (κ3) is 4.20. The molecule has 0 bridgehead atoms. The average Bonchev–Trinajstić information content (AvgIpc) is 2.59. The second-order valence-corrected chi connectivity index (χ2v) is 5.33. The zero-order valence-electron chi connectivity index (χ0n) is 13.3. The van der Waals surface area contributed by atoms with E-state index in [2.05, 4.69) is 0 Å². The Labute approximate surface area is 143 Å². The van der Waals surface area contributed by atoms with Crippen molar-refractivity contribution in [2.75, 3.05) is 0 Å². The molecule has 0 saturated heterocycles. The van der Waals surface area contributed by atoms with Gasteiger partial charge in [0.25, 0.3) is 0 Å². The zero-order chi connectivity index (χ0) is 17.8. The first-order chi connectivity index (χ1) is 12.0. The number of Topliss-reactive ketones (excluding diaryl/α,β-unsaturated/α-hetero) is 1. The van der Waals surface area contributed by atoms with Crippen LogP contribution in [0.3, 0.4) is 0 Å². The van der Waals surface area contributed by atoms with Gasteiger partial charge in [0.15, 0.2) is 5.78 Å². The van der Waals surface area contributed by atoms with Crippen LogP contribution in [0.2, 0.25) is 0 Å². The Hall–Kier alpha value is -3.21. The molecule has 0 unspecified atom stereocenters. The number of hydrogen-bond donors (Lipinski definition) is 0. The van der Waals surface area contributed by atoms with E-state index in [4.69, 9.17) is 9.47 Å². The maximum Gasteiger partial charge on any atom is 0.163 e. The molecular formula is C20H14F2O3. The highest BCUT2D eigenvalue weighted by atomic mass is 19.1. The highest BCUT2D eigenvalue weighted by Gasteiger charge is 2.12. The van der Waals surface area contributed by atoms with Gasteiger partial charge in [-0.3, -0.25) is 4.79 Å². The Morgan fingerprint density at radius 3 is 1.72 bits per heavy atom. The Balaban J connectivity index is 1.89. The summed E-state index contributed by atoms with van der Waals surface area (Å²) in [6.45, 7) is 1.42. The van der Waals surface area contributed by atoms with E-state index >= 15 is 0 Å². The van der Waals surface area contributed by atoms with E-state index in [1.165, 1.54) is 55.5 Å². The number of rotatable bonds is 5. The molecule has 0 fully saturated rings. The molecule has 126 valence electrons. The van der Waals surface area contributed by atoms with Gasteiger partial charge in [0, 0.05) is 6.07 Å². The number of halogens is 2. The predicted molar refractivity (Wildman–Crippen MR) is 89.4 cm³/mol. The van der Waals surface area contributed by atoms with Gasteiger partial charge in [0.2, 0.25) is 0 Å². The van der Waals surface area contributed by atoms with Crippen molar-refractivity contribution in [3.63, 3.8) is 0 Å². The van der Waals surface area contributed by atoms with Gasteiger partial charge in [-0.2, -0.15) is 0 Å². The van der Waals surface area contributed by atoms with Gasteiger partial charge in [0.05, 0.1) is 5.56 Å².